The summed E-state index contributed by atoms with van der Waals surface area (Å²) in [5, 5.41) is 9.57. The number of hydroxylamine groups is 2. The molecule has 0 saturated carbocycles. The molecular formula is C13H11NO5. The molecule has 1 N–H and O–H groups in total. The maximum absolute atomic E-state index is 11.4. The fraction of sp³-hybridized carbons (Fsp3) is 0.154. The van der Waals surface area contributed by atoms with E-state index in [2.05, 4.69) is 4.84 Å². The monoisotopic (exact) mass is 261 g/mol. The van der Waals surface area contributed by atoms with Crippen molar-refractivity contribution in [3.63, 3.8) is 0 Å². The second-order valence-electron chi connectivity index (χ2n) is 3.92. The number of phenols is 1. The molecule has 1 aliphatic heterocycles. The van der Waals surface area contributed by atoms with Gasteiger partial charge in [-0.3, -0.25) is 9.59 Å². The van der Waals surface area contributed by atoms with Gasteiger partial charge in [0.25, 0.3) is 11.8 Å². The van der Waals surface area contributed by atoms with E-state index < -0.39 is 17.8 Å². The third kappa shape index (κ3) is 3.19. The van der Waals surface area contributed by atoms with Crippen LogP contribution in [0.2, 0.25) is 0 Å². The third-order valence-corrected chi connectivity index (χ3v) is 2.49. The second-order valence-corrected chi connectivity index (χ2v) is 3.92. The number of carbonyl (C=O) groups is 3. The van der Waals surface area contributed by atoms with Crippen molar-refractivity contribution in [3.8, 4) is 5.75 Å². The van der Waals surface area contributed by atoms with Gasteiger partial charge in [-0.25, -0.2) is 4.79 Å². The van der Waals surface area contributed by atoms with Crippen molar-refractivity contribution < 1.29 is 24.3 Å². The molecule has 1 heterocycles. The standard InChI is InChI=1S/C13H11NO5/c15-10-4-1-9(2-5-10)3-8-13(18)19-14-11(16)6-7-12(14)17/h1-5,8,15H,6-7H2. The van der Waals surface area contributed by atoms with Crippen LogP contribution in [0.4, 0.5) is 0 Å². The lowest BCUT2D eigenvalue weighted by Gasteiger charge is -2.10. The molecule has 1 saturated heterocycles. The Balaban J connectivity index is 1.96. The smallest absolute Gasteiger partial charge is 0.356 e. The third-order valence-electron chi connectivity index (χ3n) is 2.49. The maximum Gasteiger partial charge on any atom is 0.356 e. The Morgan fingerprint density at radius 2 is 1.74 bits per heavy atom. The van der Waals surface area contributed by atoms with Crippen LogP contribution in [-0.4, -0.2) is 28.0 Å². The van der Waals surface area contributed by atoms with Crippen molar-refractivity contribution in [2.45, 2.75) is 12.8 Å². The van der Waals surface area contributed by atoms with E-state index in [1.165, 1.54) is 18.2 Å². The number of imide groups is 1. The van der Waals surface area contributed by atoms with Crippen LogP contribution in [-0.2, 0) is 19.2 Å². The number of hydrogen-bond donors (Lipinski definition) is 1. The lowest BCUT2D eigenvalue weighted by molar-refractivity contribution is -0.193. The van der Waals surface area contributed by atoms with E-state index in [-0.39, 0.29) is 18.6 Å². The fourth-order valence-corrected chi connectivity index (χ4v) is 1.53. The van der Waals surface area contributed by atoms with Crippen LogP contribution < -0.4 is 0 Å². The van der Waals surface area contributed by atoms with Crippen molar-refractivity contribution in [3.05, 3.63) is 35.9 Å². The SMILES string of the molecule is O=C(C=Cc1ccc(O)cc1)ON1C(=O)CCC1=O. The van der Waals surface area contributed by atoms with Crippen LogP contribution in [0.1, 0.15) is 18.4 Å². The molecule has 6 nitrogen and oxygen atoms in total. The predicted molar refractivity (Wildman–Crippen MR) is 64.3 cm³/mol. The molecule has 0 bridgehead atoms. The first-order valence-corrected chi connectivity index (χ1v) is 5.61. The van der Waals surface area contributed by atoms with E-state index in [1.54, 1.807) is 12.1 Å². The summed E-state index contributed by atoms with van der Waals surface area (Å²) in [5.74, 6) is -1.72. The normalized spacial score (nSPS) is 15.3. The Bertz CT molecular complexity index is 531. The molecule has 1 aliphatic rings. The van der Waals surface area contributed by atoms with Crippen LogP contribution in [0.25, 0.3) is 6.08 Å². The van der Waals surface area contributed by atoms with Crippen molar-refractivity contribution in [2.24, 2.45) is 0 Å². The molecule has 2 rings (SSSR count). The summed E-state index contributed by atoms with van der Waals surface area (Å²) in [6.45, 7) is 0. The lowest BCUT2D eigenvalue weighted by atomic mass is 10.2. The van der Waals surface area contributed by atoms with Gasteiger partial charge >= 0.3 is 5.97 Å². The van der Waals surface area contributed by atoms with Crippen molar-refractivity contribution in [1.29, 1.82) is 0 Å². The summed E-state index contributed by atoms with van der Waals surface area (Å²) in [5.41, 5.74) is 0.675. The zero-order valence-electron chi connectivity index (χ0n) is 9.91. The molecule has 98 valence electrons. The minimum atomic E-state index is -0.809. The maximum atomic E-state index is 11.4. The zero-order chi connectivity index (χ0) is 13.8. The van der Waals surface area contributed by atoms with E-state index in [1.807, 2.05) is 0 Å². The molecule has 0 radical (unpaired) electrons. The van der Waals surface area contributed by atoms with Crippen LogP contribution in [0.3, 0.4) is 0 Å². The van der Waals surface area contributed by atoms with Crippen molar-refractivity contribution in [1.82, 2.24) is 5.06 Å². The zero-order valence-corrected chi connectivity index (χ0v) is 9.91. The first-order valence-electron chi connectivity index (χ1n) is 5.61. The first-order chi connectivity index (χ1) is 9.06. The molecule has 6 heteroatoms. The van der Waals surface area contributed by atoms with Gasteiger partial charge in [-0.1, -0.05) is 12.1 Å². The topological polar surface area (TPSA) is 83.9 Å². The Morgan fingerprint density at radius 1 is 1.16 bits per heavy atom. The van der Waals surface area contributed by atoms with Crippen LogP contribution in [0.5, 0.6) is 5.75 Å². The van der Waals surface area contributed by atoms with Gasteiger partial charge in [0.15, 0.2) is 0 Å². The largest absolute Gasteiger partial charge is 0.508 e. The number of aromatic hydroxyl groups is 1. The number of benzene rings is 1. The van der Waals surface area contributed by atoms with Gasteiger partial charge in [-0.2, -0.15) is 0 Å². The van der Waals surface area contributed by atoms with Crippen LogP contribution >= 0.6 is 0 Å². The highest BCUT2D eigenvalue weighted by molar-refractivity contribution is 6.02. The molecule has 19 heavy (non-hydrogen) atoms. The Hall–Kier alpha value is -2.63. The second kappa shape index (κ2) is 5.34. The molecule has 1 aromatic rings. The molecule has 1 aromatic carbocycles. The summed E-state index contributed by atoms with van der Waals surface area (Å²) in [4.78, 5) is 38.5. The number of phenolic OH excluding ortho intramolecular Hbond substituents is 1. The highest BCUT2D eigenvalue weighted by Gasteiger charge is 2.32. The van der Waals surface area contributed by atoms with E-state index in [9.17, 15) is 14.4 Å². The van der Waals surface area contributed by atoms with Crippen LogP contribution in [0.15, 0.2) is 30.3 Å². The molecule has 0 unspecified atom stereocenters. The summed E-state index contributed by atoms with van der Waals surface area (Å²) in [6, 6.07) is 6.15. The molecule has 1 fully saturated rings. The summed E-state index contributed by atoms with van der Waals surface area (Å²) in [7, 11) is 0. The Morgan fingerprint density at radius 3 is 2.32 bits per heavy atom. The molecule has 0 aromatic heterocycles. The van der Waals surface area contributed by atoms with E-state index >= 15 is 0 Å². The molecule has 0 atom stereocenters. The average molecular weight is 261 g/mol. The van der Waals surface area contributed by atoms with Gasteiger partial charge in [-0.05, 0) is 23.8 Å². The number of carbonyl (C=O) groups excluding carboxylic acids is 3. The van der Waals surface area contributed by atoms with Crippen LogP contribution in [0, 0.1) is 0 Å². The first kappa shape index (κ1) is 12.8. The molecule has 0 aliphatic carbocycles. The number of rotatable bonds is 3. The molecule has 0 spiro atoms. The molecular weight excluding hydrogens is 250 g/mol. The minimum Gasteiger partial charge on any atom is -0.508 e. The molecule has 2 amide bonds. The van der Waals surface area contributed by atoms with Gasteiger partial charge in [0.1, 0.15) is 5.75 Å². The number of hydrogen-bond acceptors (Lipinski definition) is 5. The highest BCUT2D eigenvalue weighted by atomic mass is 16.7. The van der Waals surface area contributed by atoms with Gasteiger partial charge in [0.05, 0.1) is 0 Å². The predicted octanol–water partition coefficient (Wildman–Crippen LogP) is 1.01. The fourth-order valence-electron chi connectivity index (χ4n) is 1.53. The summed E-state index contributed by atoms with van der Waals surface area (Å²) < 4.78 is 0. The highest BCUT2D eigenvalue weighted by Crippen LogP contribution is 2.13. The number of nitrogens with zero attached hydrogens (tertiary/aromatic N) is 1. The summed E-state index contributed by atoms with van der Waals surface area (Å²) in [6.07, 6.45) is 2.68. The quantitative estimate of drug-likeness (QED) is 0.648. The van der Waals surface area contributed by atoms with Crippen molar-refractivity contribution >= 4 is 23.9 Å². The lowest BCUT2D eigenvalue weighted by Crippen LogP contribution is -2.31. The van der Waals surface area contributed by atoms with Gasteiger partial charge in [0.2, 0.25) is 0 Å². The van der Waals surface area contributed by atoms with Gasteiger partial charge in [0, 0.05) is 18.9 Å². The van der Waals surface area contributed by atoms with E-state index in [0.29, 0.717) is 10.6 Å². The van der Waals surface area contributed by atoms with Gasteiger partial charge < -0.3 is 9.94 Å². The number of amides is 2. The Labute approximate surface area is 108 Å². The minimum absolute atomic E-state index is 0.0633. The summed E-state index contributed by atoms with van der Waals surface area (Å²) >= 11 is 0. The Kier molecular flexibility index (Phi) is 3.61. The van der Waals surface area contributed by atoms with Gasteiger partial charge in [-0.15, -0.1) is 5.06 Å². The average Bonchev–Trinajstić information content (AvgIpc) is 2.70. The van der Waals surface area contributed by atoms with Crippen molar-refractivity contribution in [2.75, 3.05) is 0 Å². The van der Waals surface area contributed by atoms with E-state index in [4.69, 9.17) is 5.11 Å². The van der Waals surface area contributed by atoms with E-state index in [0.717, 1.165) is 6.08 Å².